The van der Waals surface area contributed by atoms with Gasteiger partial charge in [0, 0.05) is 6.08 Å². The van der Waals surface area contributed by atoms with Crippen LogP contribution in [0.5, 0.6) is 0 Å². The molecule has 6 heteroatoms. The predicted molar refractivity (Wildman–Crippen MR) is 134 cm³/mol. The molecule has 0 spiro atoms. The first kappa shape index (κ1) is 30.2. The van der Waals surface area contributed by atoms with Crippen molar-refractivity contribution in [2.45, 2.75) is 129 Å². The second kappa shape index (κ2) is 18.5. The average molecular weight is 481 g/mol. The van der Waals surface area contributed by atoms with Gasteiger partial charge in [-0.3, -0.25) is 4.79 Å². The van der Waals surface area contributed by atoms with Crippen LogP contribution in [0.3, 0.4) is 0 Å². The van der Waals surface area contributed by atoms with Crippen LogP contribution < -0.4 is 0 Å². The fourth-order valence-electron chi connectivity index (χ4n) is 4.40. The maximum absolute atomic E-state index is 12.7. The van der Waals surface area contributed by atoms with E-state index in [4.69, 9.17) is 14.2 Å². The molecule has 0 unspecified atom stereocenters. The van der Waals surface area contributed by atoms with Gasteiger partial charge >= 0.3 is 17.9 Å². The number of rotatable bonds is 19. The van der Waals surface area contributed by atoms with E-state index >= 15 is 0 Å². The Morgan fingerprint density at radius 2 is 1.26 bits per heavy atom. The molecule has 0 aromatic carbocycles. The zero-order valence-corrected chi connectivity index (χ0v) is 21.7. The Bertz CT molecular complexity index is 592. The Labute approximate surface area is 207 Å². The molecule has 1 rings (SSSR count). The van der Waals surface area contributed by atoms with Crippen molar-refractivity contribution in [3.63, 3.8) is 0 Å². The molecule has 6 nitrogen and oxygen atoms in total. The summed E-state index contributed by atoms with van der Waals surface area (Å²) in [5, 5.41) is 0. The highest BCUT2D eigenvalue weighted by Gasteiger charge is 2.48. The van der Waals surface area contributed by atoms with Gasteiger partial charge in [0.05, 0.1) is 19.1 Å². The summed E-state index contributed by atoms with van der Waals surface area (Å²) in [4.78, 5) is 37.0. The molecule has 0 aromatic heterocycles. The molecule has 1 saturated carbocycles. The van der Waals surface area contributed by atoms with Crippen molar-refractivity contribution in [3.8, 4) is 0 Å². The third-order valence-corrected chi connectivity index (χ3v) is 6.68. The molecule has 0 amide bonds. The lowest BCUT2D eigenvalue weighted by Crippen LogP contribution is -2.48. The molecule has 0 atom stereocenters. The second-order valence-corrected chi connectivity index (χ2v) is 9.59. The molecule has 1 fully saturated rings. The van der Waals surface area contributed by atoms with E-state index in [1.807, 2.05) is 6.92 Å². The molecule has 1 aliphatic rings. The van der Waals surface area contributed by atoms with E-state index in [2.05, 4.69) is 13.5 Å². The topological polar surface area (TPSA) is 78.9 Å². The van der Waals surface area contributed by atoms with Crippen LogP contribution in [0.2, 0.25) is 0 Å². The fraction of sp³-hybridized carbons (Fsp3) is 0.821. The molecular formula is C28H48O6. The van der Waals surface area contributed by atoms with Crippen LogP contribution in [0.1, 0.15) is 123 Å². The van der Waals surface area contributed by atoms with Crippen LogP contribution in [0.4, 0.5) is 0 Å². The maximum Gasteiger partial charge on any atom is 0.350 e. The third-order valence-electron chi connectivity index (χ3n) is 6.68. The summed E-state index contributed by atoms with van der Waals surface area (Å²) in [7, 11) is 0. The summed E-state index contributed by atoms with van der Waals surface area (Å²) in [6.45, 7) is 8.42. The zero-order valence-electron chi connectivity index (χ0n) is 21.7. The van der Waals surface area contributed by atoms with Crippen molar-refractivity contribution < 1.29 is 28.6 Å². The van der Waals surface area contributed by atoms with E-state index in [0.717, 1.165) is 31.8 Å². The van der Waals surface area contributed by atoms with Crippen LogP contribution in [-0.4, -0.2) is 36.7 Å². The van der Waals surface area contributed by atoms with E-state index in [0.29, 0.717) is 26.1 Å². The molecule has 1 aliphatic carbocycles. The van der Waals surface area contributed by atoms with E-state index in [1.54, 1.807) is 0 Å². The number of hydrogen-bond acceptors (Lipinski definition) is 6. The summed E-state index contributed by atoms with van der Waals surface area (Å²) in [6.07, 6.45) is 17.9. The minimum Gasteiger partial charge on any atom is -0.465 e. The Hall–Kier alpha value is -1.85. The quantitative estimate of drug-likeness (QED) is 0.0871. The molecule has 0 N–H and O–H groups in total. The van der Waals surface area contributed by atoms with Crippen LogP contribution in [-0.2, 0) is 28.6 Å². The van der Waals surface area contributed by atoms with Crippen molar-refractivity contribution in [3.05, 3.63) is 12.7 Å². The zero-order chi connectivity index (χ0) is 25.1. The minimum absolute atomic E-state index is 0.213. The fourth-order valence-corrected chi connectivity index (χ4v) is 4.40. The molecule has 0 aromatic rings. The van der Waals surface area contributed by atoms with Crippen LogP contribution in [0.15, 0.2) is 12.7 Å². The standard InChI is InChI=1S/C28H48O6/c1-4-7-9-10-11-12-13-14-15-16-17-23-32-26(30)24-18-20-28(21-19-24,34-25(29)6-3)27(31)33-22-8-5-2/h6,24H,3-5,7-23H2,1-2H3. The highest BCUT2D eigenvalue weighted by Crippen LogP contribution is 2.37. The smallest absolute Gasteiger partial charge is 0.350 e. The molecule has 0 bridgehead atoms. The SMILES string of the molecule is C=CC(=O)OC1(C(=O)OCCCC)CCC(C(=O)OCCCCCCCCCCCCC)CC1. The first-order valence-corrected chi connectivity index (χ1v) is 13.7. The van der Waals surface area contributed by atoms with E-state index in [-0.39, 0.29) is 24.7 Å². The molecule has 0 heterocycles. The lowest BCUT2D eigenvalue weighted by molar-refractivity contribution is -0.186. The number of esters is 3. The Morgan fingerprint density at radius 3 is 1.79 bits per heavy atom. The van der Waals surface area contributed by atoms with Crippen molar-refractivity contribution in [1.29, 1.82) is 0 Å². The summed E-state index contributed by atoms with van der Waals surface area (Å²) < 4.78 is 16.3. The first-order chi connectivity index (χ1) is 16.5. The molecule has 196 valence electrons. The van der Waals surface area contributed by atoms with Gasteiger partial charge in [0.25, 0.3) is 0 Å². The Balaban J connectivity index is 2.25. The van der Waals surface area contributed by atoms with Gasteiger partial charge in [-0.25, -0.2) is 9.59 Å². The van der Waals surface area contributed by atoms with Gasteiger partial charge in [0.15, 0.2) is 0 Å². The van der Waals surface area contributed by atoms with Crippen molar-refractivity contribution in [2.75, 3.05) is 13.2 Å². The number of hydrogen-bond donors (Lipinski definition) is 0. The van der Waals surface area contributed by atoms with Gasteiger partial charge in [-0.1, -0.05) is 91.1 Å². The molecule has 0 aliphatic heterocycles. The summed E-state index contributed by atoms with van der Waals surface area (Å²) in [5.74, 6) is -1.66. The average Bonchev–Trinajstić information content (AvgIpc) is 2.85. The van der Waals surface area contributed by atoms with Crippen LogP contribution in [0.25, 0.3) is 0 Å². The lowest BCUT2D eigenvalue weighted by atomic mass is 9.78. The van der Waals surface area contributed by atoms with Crippen molar-refractivity contribution in [1.82, 2.24) is 0 Å². The van der Waals surface area contributed by atoms with Gasteiger partial charge in [-0.15, -0.1) is 0 Å². The normalized spacial score (nSPS) is 19.9. The van der Waals surface area contributed by atoms with Gasteiger partial charge in [0.2, 0.25) is 5.60 Å². The van der Waals surface area contributed by atoms with E-state index < -0.39 is 17.5 Å². The molecule has 34 heavy (non-hydrogen) atoms. The highest BCUT2D eigenvalue weighted by molar-refractivity contribution is 5.88. The number of ether oxygens (including phenoxy) is 3. The van der Waals surface area contributed by atoms with Gasteiger partial charge in [0.1, 0.15) is 0 Å². The first-order valence-electron chi connectivity index (χ1n) is 13.7. The van der Waals surface area contributed by atoms with Gasteiger partial charge < -0.3 is 14.2 Å². The van der Waals surface area contributed by atoms with Crippen LogP contribution in [0, 0.1) is 5.92 Å². The summed E-state index contributed by atoms with van der Waals surface area (Å²) in [5.41, 5.74) is -1.33. The number of carbonyl (C=O) groups excluding carboxylic acids is 3. The maximum atomic E-state index is 12.7. The highest BCUT2D eigenvalue weighted by atomic mass is 16.6. The largest absolute Gasteiger partial charge is 0.465 e. The van der Waals surface area contributed by atoms with E-state index in [9.17, 15) is 14.4 Å². The number of unbranched alkanes of at least 4 members (excludes halogenated alkanes) is 11. The Kier molecular flexibility index (Phi) is 16.4. The van der Waals surface area contributed by atoms with E-state index in [1.165, 1.54) is 57.8 Å². The molecule has 0 saturated heterocycles. The lowest BCUT2D eigenvalue weighted by Gasteiger charge is -2.36. The monoisotopic (exact) mass is 480 g/mol. The Morgan fingerprint density at radius 1 is 0.765 bits per heavy atom. The molecular weight excluding hydrogens is 432 g/mol. The molecule has 0 radical (unpaired) electrons. The second-order valence-electron chi connectivity index (χ2n) is 9.59. The third kappa shape index (κ3) is 12.0. The minimum atomic E-state index is -1.33. The summed E-state index contributed by atoms with van der Waals surface area (Å²) >= 11 is 0. The number of carbonyl (C=O) groups is 3. The van der Waals surface area contributed by atoms with Crippen molar-refractivity contribution >= 4 is 17.9 Å². The summed E-state index contributed by atoms with van der Waals surface area (Å²) in [6, 6.07) is 0. The van der Waals surface area contributed by atoms with Gasteiger partial charge in [-0.2, -0.15) is 0 Å². The van der Waals surface area contributed by atoms with Crippen molar-refractivity contribution in [2.24, 2.45) is 5.92 Å². The van der Waals surface area contributed by atoms with Crippen LogP contribution >= 0.6 is 0 Å². The predicted octanol–water partition coefficient (Wildman–Crippen LogP) is 6.84. The van der Waals surface area contributed by atoms with Gasteiger partial charge in [-0.05, 0) is 38.5 Å².